The van der Waals surface area contributed by atoms with Crippen molar-refractivity contribution in [1.29, 1.82) is 0 Å². The number of nitrogens with zero attached hydrogens (tertiary/aromatic N) is 1. The third-order valence-electron chi connectivity index (χ3n) is 8.33. The molecular formula is C20H31NO2. The molecule has 0 aliphatic heterocycles. The monoisotopic (exact) mass is 317 g/mol. The van der Waals surface area contributed by atoms with Gasteiger partial charge in [-0.15, -0.1) is 0 Å². The Kier molecular flexibility index (Phi) is 3.62. The van der Waals surface area contributed by atoms with Gasteiger partial charge in [-0.3, -0.25) is 4.79 Å². The fourth-order valence-corrected chi connectivity index (χ4v) is 6.98. The number of ketones is 1. The van der Waals surface area contributed by atoms with Gasteiger partial charge in [0.2, 0.25) is 0 Å². The highest BCUT2D eigenvalue weighted by molar-refractivity contribution is 5.92. The van der Waals surface area contributed by atoms with Crippen LogP contribution in [0.3, 0.4) is 0 Å². The molecule has 4 fully saturated rings. The smallest absolute Gasteiger partial charge is 0.139 e. The van der Waals surface area contributed by atoms with Crippen LogP contribution in [0.5, 0.6) is 0 Å². The van der Waals surface area contributed by atoms with Crippen molar-refractivity contribution in [2.24, 2.45) is 39.7 Å². The van der Waals surface area contributed by atoms with Gasteiger partial charge in [-0.2, -0.15) is 0 Å². The Morgan fingerprint density at radius 3 is 2.70 bits per heavy atom. The van der Waals surface area contributed by atoms with Gasteiger partial charge in [0, 0.05) is 17.8 Å². The first-order valence-electron chi connectivity index (χ1n) is 9.64. The van der Waals surface area contributed by atoms with Crippen LogP contribution in [-0.4, -0.2) is 18.6 Å². The van der Waals surface area contributed by atoms with Crippen LogP contribution in [0.1, 0.15) is 71.6 Å². The molecule has 3 nitrogen and oxygen atoms in total. The fraction of sp³-hybridized carbons (Fsp3) is 0.900. The van der Waals surface area contributed by atoms with Gasteiger partial charge < -0.3 is 4.84 Å². The van der Waals surface area contributed by atoms with Crippen LogP contribution in [0.2, 0.25) is 0 Å². The predicted octanol–water partition coefficient (Wildman–Crippen LogP) is 4.60. The number of rotatable bonds is 1. The predicted molar refractivity (Wildman–Crippen MR) is 91.2 cm³/mol. The van der Waals surface area contributed by atoms with Crippen molar-refractivity contribution in [2.45, 2.75) is 71.6 Å². The topological polar surface area (TPSA) is 38.7 Å². The van der Waals surface area contributed by atoms with Crippen LogP contribution in [0.25, 0.3) is 0 Å². The first-order chi connectivity index (χ1) is 11.0. The van der Waals surface area contributed by atoms with Crippen LogP contribution in [0.4, 0.5) is 0 Å². The maximum atomic E-state index is 12.6. The second-order valence-electron chi connectivity index (χ2n) is 9.07. The lowest BCUT2D eigenvalue weighted by atomic mass is 9.45. The normalized spacial score (nSPS) is 51.1. The van der Waals surface area contributed by atoms with E-state index in [4.69, 9.17) is 4.84 Å². The van der Waals surface area contributed by atoms with Crippen LogP contribution >= 0.6 is 0 Å². The average Bonchev–Trinajstić information content (AvgIpc) is 2.83. The third kappa shape index (κ3) is 2.07. The molecule has 0 aromatic heterocycles. The zero-order valence-corrected chi connectivity index (χ0v) is 14.9. The van der Waals surface area contributed by atoms with Gasteiger partial charge in [0.1, 0.15) is 12.9 Å². The molecule has 4 aliphatic rings. The van der Waals surface area contributed by atoms with Crippen molar-refractivity contribution in [3.05, 3.63) is 0 Å². The summed E-state index contributed by atoms with van der Waals surface area (Å²) in [6.07, 6.45) is 10.7. The highest BCUT2D eigenvalue weighted by atomic mass is 16.6. The number of fused-ring (bicyclic) bond motifs is 5. The van der Waals surface area contributed by atoms with Crippen molar-refractivity contribution in [1.82, 2.24) is 0 Å². The van der Waals surface area contributed by atoms with Crippen LogP contribution in [-0.2, 0) is 9.63 Å². The molecule has 0 bridgehead atoms. The maximum Gasteiger partial charge on any atom is 0.139 e. The summed E-state index contributed by atoms with van der Waals surface area (Å²) in [6.45, 7) is 4.79. The van der Waals surface area contributed by atoms with Gasteiger partial charge in [-0.25, -0.2) is 0 Å². The molecule has 23 heavy (non-hydrogen) atoms. The van der Waals surface area contributed by atoms with Crippen molar-refractivity contribution in [3.8, 4) is 0 Å². The summed E-state index contributed by atoms with van der Waals surface area (Å²) in [5.74, 6) is 2.97. The molecule has 4 saturated carbocycles. The lowest BCUT2D eigenvalue weighted by Crippen LogP contribution is -2.56. The van der Waals surface area contributed by atoms with E-state index in [0.717, 1.165) is 31.6 Å². The van der Waals surface area contributed by atoms with E-state index in [9.17, 15) is 4.79 Å². The molecule has 1 unspecified atom stereocenters. The van der Waals surface area contributed by atoms with E-state index in [1.165, 1.54) is 37.8 Å². The minimum atomic E-state index is -0.0897. The number of carbonyl (C=O) groups excluding carboxylic acids is 1. The molecule has 128 valence electrons. The van der Waals surface area contributed by atoms with Crippen LogP contribution in [0.15, 0.2) is 5.16 Å². The third-order valence-corrected chi connectivity index (χ3v) is 8.33. The first kappa shape index (κ1) is 15.7. The quantitative estimate of drug-likeness (QED) is 0.663. The summed E-state index contributed by atoms with van der Waals surface area (Å²) in [5, 5.41) is 4.51. The molecule has 0 saturated heterocycles. The Bertz CT molecular complexity index is 542. The molecule has 0 radical (unpaired) electrons. The van der Waals surface area contributed by atoms with E-state index in [2.05, 4.69) is 19.0 Å². The van der Waals surface area contributed by atoms with E-state index < -0.39 is 0 Å². The van der Waals surface area contributed by atoms with E-state index in [-0.39, 0.29) is 5.41 Å². The van der Waals surface area contributed by atoms with Crippen molar-refractivity contribution in [3.63, 3.8) is 0 Å². The Morgan fingerprint density at radius 2 is 1.91 bits per heavy atom. The first-order valence-corrected chi connectivity index (χ1v) is 9.64. The molecule has 4 aliphatic carbocycles. The van der Waals surface area contributed by atoms with E-state index in [1.807, 2.05) is 0 Å². The minimum Gasteiger partial charge on any atom is -0.399 e. The maximum absolute atomic E-state index is 12.6. The Balaban J connectivity index is 1.76. The van der Waals surface area contributed by atoms with Gasteiger partial charge >= 0.3 is 0 Å². The molecule has 6 atom stereocenters. The number of hydrogen-bond donors (Lipinski definition) is 0. The molecule has 0 aromatic rings. The van der Waals surface area contributed by atoms with E-state index >= 15 is 0 Å². The van der Waals surface area contributed by atoms with Gasteiger partial charge in [-0.05, 0) is 61.7 Å². The number of oxime groups is 1. The van der Waals surface area contributed by atoms with Gasteiger partial charge in [0.05, 0.1) is 5.71 Å². The Labute approximate surface area is 140 Å². The fourth-order valence-electron chi connectivity index (χ4n) is 6.98. The highest BCUT2D eigenvalue weighted by Gasteiger charge is 2.61. The van der Waals surface area contributed by atoms with Gasteiger partial charge in [0.25, 0.3) is 0 Å². The van der Waals surface area contributed by atoms with E-state index in [1.54, 1.807) is 7.11 Å². The molecule has 3 heteroatoms. The summed E-state index contributed by atoms with van der Waals surface area (Å²) in [4.78, 5) is 17.8. The number of Topliss-reactive ketones (excluding diaryl/α,β-unsaturated/α-hetero) is 1. The van der Waals surface area contributed by atoms with Gasteiger partial charge in [0.15, 0.2) is 0 Å². The minimum absolute atomic E-state index is 0.0897. The summed E-state index contributed by atoms with van der Waals surface area (Å²) in [5.41, 5.74) is 1.66. The standard InChI is InChI=1S/C20H31NO2/c1-19-10-5-4-6-13(19)12-16(21-23-3)18-14-7-8-17(22)20(14,2)11-9-15(18)19/h13-15,18H,4-12H2,1-3H3/b21-16+/t13?,14-,15-,18-,19-,20-/m0/s1. The Hall–Kier alpha value is -0.860. The molecule has 0 amide bonds. The van der Waals surface area contributed by atoms with E-state index in [0.29, 0.717) is 29.0 Å². The van der Waals surface area contributed by atoms with Crippen molar-refractivity contribution < 1.29 is 9.63 Å². The molecule has 0 N–H and O–H groups in total. The second-order valence-corrected chi connectivity index (χ2v) is 9.07. The Morgan fingerprint density at radius 1 is 1.09 bits per heavy atom. The number of carbonyl (C=O) groups is 1. The zero-order chi connectivity index (χ0) is 16.2. The molecule has 4 rings (SSSR count). The van der Waals surface area contributed by atoms with Crippen molar-refractivity contribution >= 4 is 11.5 Å². The largest absolute Gasteiger partial charge is 0.399 e. The molecule has 0 heterocycles. The average molecular weight is 317 g/mol. The second kappa shape index (κ2) is 5.32. The summed E-state index contributed by atoms with van der Waals surface area (Å²) in [6, 6.07) is 0. The molecule has 0 spiro atoms. The summed E-state index contributed by atoms with van der Waals surface area (Å²) >= 11 is 0. The lowest BCUT2D eigenvalue weighted by molar-refractivity contribution is -0.132. The molecule has 0 aromatic carbocycles. The summed E-state index contributed by atoms with van der Waals surface area (Å²) in [7, 11) is 1.68. The lowest BCUT2D eigenvalue weighted by Gasteiger charge is -2.59. The zero-order valence-electron chi connectivity index (χ0n) is 14.9. The SMILES string of the molecule is CO/N=C1\CC2CCCC[C@]2(C)[C@H]2CC[C@]3(C)C(=O)CC[C@H]3[C@H]12. The van der Waals surface area contributed by atoms with Gasteiger partial charge in [-0.1, -0.05) is 31.8 Å². The summed E-state index contributed by atoms with van der Waals surface area (Å²) < 4.78 is 0. The number of hydrogen-bond acceptors (Lipinski definition) is 3. The molecular weight excluding hydrogens is 286 g/mol. The van der Waals surface area contributed by atoms with Crippen LogP contribution < -0.4 is 0 Å². The van der Waals surface area contributed by atoms with Crippen molar-refractivity contribution in [2.75, 3.05) is 7.11 Å². The van der Waals surface area contributed by atoms with Crippen LogP contribution in [0, 0.1) is 34.5 Å². The highest BCUT2D eigenvalue weighted by Crippen LogP contribution is 2.64.